The topological polar surface area (TPSA) is 50.1 Å². The van der Waals surface area contributed by atoms with Crippen molar-refractivity contribution in [3.63, 3.8) is 0 Å². The third kappa shape index (κ3) is 3.48. The first-order chi connectivity index (χ1) is 8.10. The van der Waals surface area contributed by atoms with Gasteiger partial charge in [0.15, 0.2) is 0 Å². The highest BCUT2D eigenvalue weighted by Crippen LogP contribution is 2.27. The van der Waals surface area contributed by atoms with Gasteiger partial charge in [-0.2, -0.15) is 5.26 Å². The van der Waals surface area contributed by atoms with Gasteiger partial charge < -0.3 is 4.74 Å². The molecule has 0 aromatic heterocycles. The third-order valence-corrected chi connectivity index (χ3v) is 2.73. The molecule has 5 heteroatoms. The van der Waals surface area contributed by atoms with Crippen LogP contribution in [0.5, 0.6) is 0 Å². The molecule has 0 bridgehead atoms. The van der Waals surface area contributed by atoms with Crippen LogP contribution in [0.3, 0.4) is 0 Å². The zero-order valence-corrected chi connectivity index (χ0v) is 10.5. The molecule has 88 valence electrons. The van der Waals surface area contributed by atoms with E-state index in [2.05, 4.69) is 0 Å². The molecule has 0 atom stereocenters. The Labute approximate surface area is 109 Å². The van der Waals surface area contributed by atoms with Crippen molar-refractivity contribution >= 4 is 35.2 Å². The molecule has 0 saturated heterocycles. The maximum atomic E-state index is 11.4. The van der Waals surface area contributed by atoms with E-state index in [0.717, 1.165) is 0 Å². The van der Waals surface area contributed by atoms with Crippen LogP contribution in [0.15, 0.2) is 23.8 Å². The number of carbonyl (C=O) groups is 1. The highest BCUT2D eigenvalue weighted by atomic mass is 35.5. The average molecular weight is 270 g/mol. The number of esters is 1. The minimum atomic E-state index is -0.675. The molecule has 0 aliphatic heterocycles. The van der Waals surface area contributed by atoms with E-state index in [0.29, 0.717) is 15.6 Å². The number of hydrogen-bond donors (Lipinski definition) is 0. The quantitative estimate of drug-likeness (QED) is 0.480. The lowest BCUT2D eigenvalue weighted by Crippen LogP contribution is -2.06. The van der Waals surface area contributed by atoms with Gasteiger partial charge >= 0.3 is 5.97 Å². The molecule has 0 heterocycles. The number of halogens is 2. The normalized spacial score (nSPS) is 10.8. The first-order valence-corrected chi connectivity index (χ1v) is 5.58. The van der Waals surface area contributed by atoms with Crippen molar-refractivity contribution in [2.24, 2.45) is 0 Å². The van der Waals surface area contributed by atoms with Crippen LogP contribution in [0.4, 0.5) is 0 Å². The van der Waals surface area contributed by atoms with E-state index >= 15 is 0 Å². The molecule has 17 heavy (non-hydrogen) atoms. The van der Waals surface area contributed by atoms with Gasteiger partial charge in [0.2, 0.25) is 0 Å². The van der Waals surface area contributed by atoms with E-state index in [1.807, 2.05) is 0 Å². The van der Waals surface area contributed by atoms with Gasteiger partial charge in [0, 0.05) is 0 Å². The Morgan fingerprint density at radius 2 is 2.24 bits per heavy atom. The van der Waals surface area contributed by atoms with Crippen LogP contribution in [0.1, 0.15) is 12.5 Å². The summed E-state index contributed by atoms with van der Waals surface area (Å²) in [7, 11) is 0. The second-order valence-electron chi connectivity index (χ2n) is 3.03. The highest BCUT2D eigenvalue weighted by molar-refractivity contribution is 6.42. The fourth-order valence-corrected chi connectivity index (χ4v) is 1.50. The molecule has 3 nitrogen and oxygen atoms in total. The van der Waals surface area contributed by atoms with E-state index in [-0.39, 0.29) is 12.2 Å². The summed E-state index contributed by atoms with van der Waals surface area (Å²) >= 11 is 11.8. The summed E-state index contributed by atoms with van der Waals surface area (Å²) < 4.78 is 4.73. The second kappa shape index (κ2) is 6.29. The van der Waals surface area contributed by atoms with Crippen LogP contribution in [0.25, 0.3) is 6.08 Å². The Balaban J connectivity index is 3.12. The summed E-state index contributed by atoms with van der Waals surface area (Å²) in [5.74, 6) is -0.675. The SMILES string of the molecule is CCOC(=O)C(C#N)=Cc1cccc(Cl)c1Cl. The van der Waals surface area contributed by atoms with E-state index in [4.69, 9.17) is 33.2 Å². The lowest BCUT2D eigenvalue weighted by molar-refractivity contribution is -0.137. The molecule has 1 rings (SSSR count). The van der Waals surface area contributed by atoms with Crippen LogP contribution in [0.2, 0.25) is 10.0 Å². The second-order valence-corrected chi connectivity index (χ2v) is 3.82. The molecule has 0 fully saturated rings. The Morgan fingerprint density at radius 3 is 2.82 bits per heavy atom. The molecule has 1 aromatic rings. The zero-order valence-electron chi connectivity index (χ0n) is 9.04. The largest absolute Gasteiger partial charge is 0.462 e. The van der Waals surface area contributed by atoms with Gasteiger partial charge in [-0.25, -0.2) is 4.79 Å². The summed E-state index contributed by atoms with van der Waals surface area (Å²) in [5.41, 5.74) is 0.389. The number of ether oxygens (including phenoxy) is 1. The third-order valence-electron chi connectivity index (χ3n) is 1.90. The summed E-state index contributed by atoms with van der Waals surface area (Å²) in [6.45, 7) is 1.88. The smallest absolute Gasteiger partial charge is 0.348 e. The van der Waals surface area contributed by atoms with Crippen LogP contribution in [0, 0.1) is 11.3 Å². The predicted octanol–water partition coefficient (Wildman–Crippen LogP) is 3.46. The van der Waals surface area contributed by atoms with Gasteiger partial charge in [0.25, 0.3) is 0 Å². The fraction of sp³-hybridized carbons (Fsp3) is 0.167. The Bertz CT molecular complexity index is 504. The lowest BCUT2D eigenvalue weighted by atomic mass is 10.1. The van der Waals surface area contributed by atoms with Gasteiger partial charge in [-0.1, -0.05) is 35.3 Å². The van der Waals surface area contributed by atoms with Crippen LogP contribution >= 0.6 is 23.2 Å². The molecule has 0 aliphatic rings. The summed E-state index contributed by atoms with van der Waals surface area (Å²) in [6.07, 6.45) is 1.35. The number of nitriles is 1. The standard InChI is InChI=1S/C12H9Cl2NO2/c1-2-17-12(16)9(7-15)6-8-4-3-5-10(13)11(8)14/h3-6H,2H2,1H3. The van der Waals surface area contributed by atoms with E-state index in [1.165, 1.54) is 6.08 Å². The van der Waals surface area contributed by atoms with Crippen LogP contribution in [-0.2, 0) is 9.53 Å². The fourth-order valence-electron chi connectivity index (χ4n) is 1.13. The first-order valence-electron chi connectivity index (χ1n) is 4.83. The van der Waals surface area contributed by atoms with E-state index in [9.17, 15) is 4.79 Å². The Kier molecular flexibility index (Phi) is 5.02. The predicted molar refractivity (Wildman–Crippen MR) is 66.7 cm³/mol. The van der Waals surface area contributed by atoms with Crippen molar-refractivity contribution in [3.8, 4) is 6.07 Å². The molecule has 0 radical (unpaired) electrons. The number of rotatable bonds is 3. The van der Waals surface area contributed by atoms with Gasteiger partial charge in [-0.15, -0.1) is 0 Å². The molecular weight excluding hydrogens is 261 g/mol. The van der Waals surface area contributed by atoms with E-state index < -0.39 is 5.97 Å². The minimum Gasteiger partial charge on any atom is -0.462 e. The number of hydrogen-bond acceptors (Lipinski definition) is 3. The van der Waals surface area contributed by atoms with Crippen molar-refractivity contribution < 1.29 is 9.53 Å². The number of nitrogens with zero attached hydrogens (tertiary/aromatic N) is 1. The van der Waals surface area contributed by atoms with Gasteiger partial charge in [0.1, 0.15) is 11.6 Å². The molecule has 1 aromatic carbocycles. The number of benzene rings is 1. The van der Waals surface area contributed by atoms with Crippen LogP contribution < -0.4 is 0 Å². The van der Waals surface area contributed by atoms with Crippen molar-refractivity contribution in [2.45, 2.75) is 6.92 Å². The monoisotopic (exact) mass is 269 g/mol. The van der Waals surface area contributed by atoms with Gasteiger partial charge in [-0.05, 0) is 24.6 Å². The Hall–Kier alpha value is -1.50. The van der Waals surface area contributed by atoms with E-state index in [1.54, 1.807) is 31.2 Å². The van der Waals surface area contributed by atoms with Gasteiger partial charge in [-0.3, -0.25) is 0 Å². The number of carbonyl (C=O) groups excluding carboxylic acids is 1. The Morgan fingerprint density at radius 1 is 1.53 bits per heavy atom. The van der Waals surface area contributed by atoms with Crippen molar-refractivity contribution in [1.29, 1.82) is 5.26 Å². The molecule has 0 unspecified atom stereocenters. The first kappa shape index (κ1) is 13.6. The summed E-state index contributed by atoms with van der Waals surface area (Å²) in [5, 5.41) is 9.51. The average Bonchev–Trinajstić information content (AvgIpc) is 2.31. The molecule has 0 saturated carbocycles. The van der Waals surface area contributed by atoms with Gasteiger partial charge in [0.05, 0.1) is 16.7 Å². The summed E-state index contributed by atoms with van der Waals surface area (Å²) in [6, 6.07) is 6.73. The molecular formula is C12H9Cl2NO2. The minimum absolute atomic E-state index is 0.115. The molecule has 0 amide bonds. The van der Waals surface area contributed by atoms with Crippen LogP contribution in [-0.4, -0.2) is 12.6 Å². The maximum Gasteiger partial charge on any atom is 0.348 e. The molecule has 0 aliphatic carbocycles. The highest BCUT2D eigenvalue weighted by Gasteiger charge is 2.11. The molecule has 0 spiro atoms. The van der Waals surface area contributed by atoms with Crippen molar-refractivity contribution in [3.05, 3.63) is 39.4 Å². The van der Waals surface area contributed by atoms with Crippen molar-refractivity contribution in [1.82, 2.24) is 0 Å². The maximum absolute atomic E-state index is 11.4. The molecule has 0 N–H and O–H groups in total. The van der Waals surface area contributed by atoms with Crippen molar-refractivity contribution in [2.75, 3.05) is 6.61 Å². The summed E-state index contributed by atoms with van der Waals surface area (Å²) in [4.78, 5) is 11.4. The zero-order chi connectivity index (χ0) is 12.8. The lowest BCUT2D eigenvalue weighted by Gasteiger charge is -2.02.